The number of esters is 1. The summed E-state index contributed by atoms with van der Waals surface area (Å²) < 4.78 is 11.8. The highest BCUT2D eigenvalue weighted by atomic mass is 16.5. The number of aromatic nitrogens is 1. The van der Waals surface area contributed by atoms with Crippen LogP contribution in [0.15, 0.2) is 24.4 Å². The van der Waals surface area contributed by atoms with Crippen molar-refractivity contribution in [3.63, 3.8) is 0 Å². The zero-order valence-electron chi connectivity index (χ0n) is 11.2. The molecule has 2 aromatic rings. The fourth-order valence-corrected chi connectivity index (χ4v) is 2.17. The van der Waals surface area contributed by atoms with Crippen molar-refractivity contribution in [3.05, 3.63) is 30.0 Å². The number of fused-ring (bicyclic) bond motifs is 1. The number of ether oxygens (including phenoxy) is 2. The van der Waals surface area contributed by atoms with Crippen LogP contribution in [0.2, 0.25) is 0 Å². The molecule has 2 N–H and O–H groups in total. The Balaban J connectivity index is 2.49. The number of benzene rings is 1. The summed E-state index contributed by atoms with van der Waals surface area (Å²) in [5.41, 5.74) is 7.72. The molecule has 1 aromatic carbocycles. The van der Waals surface area contributed by atoms with Crippen LogP contribution in [0.1, 0.15) is 5.56 Å². The summed E-state index contributed by atoms with van der Waals surface area (Å²) in [5, 5.41) is 1.06. The first kappa shape index (κ1) is 13.4. The second kappa shape index (κ2) is 5.75. The number of carbonyl (C=O) groups excluding carboxylic acids is 1. The van der Waals surface area contributed by atoms with Crippen LogP contribution in [0.3, 0.4) is 0 Å². The molecular formula is C14H18N2O3. The SMILES string of the molecule is COC(=O)Cn1cc(CCN)c2cc(OC)ccc21. The minimum absolute atomic E-state index is 0.198. The summed E-state index contributed by atoms with van der Waals surface area (Å²) >= 11 is 0. The molecule has 0 fully saturated rings. The highest BCUT2D eigenvalue weighted by molar-refractivity contribution is 5.86. The first-order valence-corrected chi connectivity index (χ1v) is 6.12. The van der Waals surface area contributed by atoms with Crippen molar-refractivity contribution in [1.82, 2.24) is 4.57 Å². The van der Waals surface area contributed by atoms with E-state index in [1.165, 1.54) is 7.11 Å². The lowest BCUT2D eigenvalue weighted by atomic mass is 10.1. The molecule has 0 saturated carbocycles. The Morgan fingerprint density at radius 1 is 1.37 bits per heavy atom. The molecule has 102 valence electrons. The van der Waals surface area contributed by atoms with Crippen molar-refractivity contribution in [2.45, 2.75) is 13.0 Å². The van der Waals surface area contributed by atoms with Gasteiger partial charge in [0.05, 0.1) is 14.2 Å². The summed E-state index contributed by atoms with van der Waals surface area (Å²) in [6.07, 6.45) is 2.71. The van der Waals surface area contributed by atoms with Crippen molar-refractivity contribution in [1.29, 1.82) is 0 Å². The lowest BCUT2D eigenvalue weighted by Crippen LogP contribution is -2.10. The van der Waals surface area contributed by atoms with E-state index in [4.69, 9.17) is 15.2 Å². The maximum atomic E-state index is 11.4. The monoisotopic (exact) mass is 262 g/mol. The third kappa shape index (κ3) is 2.71. The number of methoxy groups -OCH3 is 2. The van der Waals surface area contributed by atoms with Crippen molar-refractivity contribution in [2.75, 3.05) is 20.8 Å². The summed E-state index contributed by atoms with van der Waals surface area (Å²) in [6.45, 7) is 0.762. The number of rotatable bonds is 5. The number of carbonyl (C=O) groups is 1. The molecule has 1 aromatic heterocycles. The molecule has 19 heavy (non-hydrogen) atoms. The third-order valence-electron chi connectivity index (χ3n) is 3.11. The Bertz CT molecular complexity index is 590. The quantitative estimate of drug-likeness (QED) is 0.825. The standard InChI is InChI=1S/C14H18N2O3/c1-18-11-3-4-13-12(7-11)10(5-6-15)8-16(13)9-14(17)19-2/h3-4,7-8H,5-6,9,15H2,1-2H3. The molecule has 0 aliphatic carbocycles. The molecule has 0 radical (unpaired) electrons. The van der Waals surface area contributed by atoms with Crippen LogP contribution in [0, 0.1) is 0 Å². The van der Waals surface area contributed by atoms with Crippen LogP contribution < -0.4 is 10.5 Å². The average Bonchev–Trinajstić information content (AvgIpc) is 2.76. The molecule has 0 aliphatic heterocycles. The molecular weight excluding hydrogens is 244 g/mol. The number of hydrogen-bond acceptors (Lipinski definition) is 4. The van der Waals surface area contributed by atoms with Gasteiger partial charge in [0.1, 0.15) is 12.3 Å². The first-order valence-electron chi connectivity index (χ1n) is 6.12. The highest BCUT2D eigenvalue weighted by Gasteiger charge is 2.11. The number of hydrogen-bond donors (Lipinski definition) is 1. The number of nitrogens with zero attached hydrogens (tertiary/aromatic N) is 1. The van der Waals surface area contributed by atoms with Gasteiger partial charge >= 0.3 is 5.97 Å². The second-order valence-corrected chi connectivity index (χ2v) is 4.28. The Labute approximate surface area is 111 Å². The maximum Gasteiger partial charge on any atom is 0.325 e. The summed E-state index contributed by atoms with van der Waals surface area (Å²) in [6, 6.07) is 5.79. The summed E-state index contributed by atoms with van der Waals surface area (Å²) in [5.74, 6) is 0.522. The summed E-state index contributed by atoms with van der Waals surface area (Å²) in [7, 11) is 3.02. The molecule has 5 heteroatoms. The topological polar surface area (TPSA) is 66.5 Å². The van der Waals surface area contributed by atoms with E-state index in [2.05, 4.69) is 0 Å². The van der Waals surface area contributed by atoms with E-state index in [1.54, 1.807) is 7.11 Å². The van der Waals surface area contributed by atoms with Gasteiger partial charge in [0.25, 0.3) is 0 Å². The van der Waals surface area contributed by atoms with Crippen molar-refractivity contribution in [2.24, 2.45) is 5.73 Å². The van der Waals surface area contributed by atoms with Crippen molar-refractivity contribution < 1.29 is 14.3 Å². The number of nitrogens with two attached hydrogens (primary N) is 1. The van der Waals surface area contributed by atoms with Gasteiger partial charge in [0.15, 0.2) is 0 Å². The molecule has 0 amide bonds. The van der Waals surface area contributed by atoms with Gasteiger partial charge in [0.2, 0.25) is 0 Å². The fraction of sp³-hybridized carbons (Fsp3) is 0.357. The Morgan fingerprint density at radius 2 is 2.16 bits per heavy atom. The third-order valence-corrected chi connectivity index (χ3v) is 3.11. The van der Waals surface area contributed by atoms with Gasteiger partial charge in [-0.25, -0.2) is 0 Å². The van der Waals surface area contributed by atoms with E-state index in [0.717, 1.165) is 28.6 Å². The van der Waals surface area contributed by atoms with Gasteiger partial charge in [-0.3, -0.25) is 4.79 Å². The second-order valence-electron chi connectivity index (χ2n) is 4.28. The van der Waals surface area contributed by atoms with Crippen LogP contribution in [0.4, 0.5) is 0 Å². The van der Waals surface area contributed by atoms with Gasteiger partial charge in [0, 0.05) is 17.1 Å². The normalized spacial score (nSPS) is 10.7. The van der Waals surface area contributed by atoms with Crippen LogP contribution in [-0.4, -0.2) is 31.3 Å². The van der Waals surface area contributed by atoms with Crippen LogP contribution in [0.25, 0.3) is 10.9 Å². The lowest BCUT2D eigenvalue weighted by molar-refractivity contribution is -0.141. The minimum atomic E-state index is -0.271. The van der Waals surface area contributed by atoms with Gasteiger partial charge in [-0.2, -0.15) is 0 Å². The van der Waals surface area contributed by atoms with E-state index in [-0.39, 0.29) is 12.5 Å². The van der Waals surface area contributed by atoms with Gasteiger partial charge in [-0.15, -0.1) is 0 Å². The van der Waals surface area contributed by atoms with E-state index in [0.29, 0.717) is 6.54 Å². The van der Waals surface area contributed by atoms with Crippen LogP contribution in [-0.2, 0) is 22.5 Å². The van der Waals surface area contributed by atoms with Gasteiger partial charge < -0.3 is 19.8 Å². The molecule has 0 saturated heterocycles. The molecule has 0 bridgehead atoms. The average molecular weight is 262 g/mol. The Hall–Kier alpha value is -2.01. The maximum absolute atomic E-state index is 11.4. The fourth-order valence-electron chi connectivity index (χ4n) is 2.17. The Kier molecular flexibility index (Phi) is 4.06. The van der Waals surface area contributed by atoms with Gasteiger partial charge in [-0.1, -0.05) is 0 Å². The molecule has 0 aliphatic rings. The minimum Gasteiger partial charge on any atom is -0.497 e. The van der Waals surface area contributed by atoms with E-state index in [9.17, 15) is 4.79 Å². The predicted molar refractivity (Wildman–Crippen MR) is 73.3 cm³/mol. The summed E-state index contributed by atoms with van der Waals surface area (Å²) in [4.78, 5) is 11.4. The van der Waals surface area contributed by atoms with Gasteiger partial charge in [-0.05, 0) is 36.7 Å². The predicted octanol–water partition coefficient (Wildman–Crippen LogP) is 1.32. The smallest absolute Gasteiger partial charge is 0.325 e. The van der Waals surface area contributed by atoms with Crippen LogP contribution >= 0.6 is 0 Å². The van der Waals surface area contributed by atoms with E-state index >= 15 is 0 Å². The molecule has 0 spiro atoms. The van der Waals surface area contributed by atoms with E-state index in [1.807, 2.05) is 29.0 Å². The Morgan fingerprint density at radius 3 is 2.79 bits per heavy atom. The molecule has 0 atom stereocenters. The van der Waals surface area contributed by atoms with Crippen molar-refractivity contribution >= 4 is 16.9 Å². The highest BCUT2D eigenvalue weighted by Crippen LogP contribution is 2.26. The zero-order chi connectivity index (χ0) is 13.8. The lowest BCUT2D eigenvalue weighted by Gasteiger charge is -2.04. The van der Waals surface area contributed by atoms with Crippen LogP contribution in [0.5, 0.6) is 5.75 Å². The largest absolute Gasteiger partial charge is 0.497 e. The molecule has 0 unspecified atom stereocenters. The molecule has 2 rings (SSSR count). The van der Waals surface area contributed by atoms with Crippen molar-refractivity contribution in [3.8, 4) is 5.75 Å². The first-order chi connectivity index (χ1) is 9.19. The van der Waals surface area contributed by atoms with E-state index < -0.39 is 0 Å². The molecule has 1 heterocycles. The zero-order valence-corrected chi connectivity index (χ0v) is 11.2. The molecule has 5 nitrogen and oxygen atoms in total.